The number of carboxylic acids is 1. The van der Waals surface area contributed by atoms with E-state index in [1.54, 1.807) is 0 Å². The Morgan fingerprint density at radius 2 is 1.79 bits per heavy atom. The van der Waals surface area contributed by atoms with Crippen molar-refractivity contribution in [3.8, 4) is 11.5 Å². The van der Waals surface area contributed by atoms with Crippen LogP contribution >= 0.6 is 0 Å². The molecule has 2 heterocycles. The highest BCUT2D eigenvalue weighted by Crippen LogP contribution is 2.28. The van der Waals surface area contributed by atoms with Crippen LogP contribution in [0.1, 0.15) is 0 Å². The molecule has 2 aliphatic rings. The van der Waals surface area contributed by atoms with Gasteiger partial charge >= 0.3 is 5.97 Å². The van der Waals surface area contributed by atoms with Gasteiger partial charge in [-0.15, -0.1) is 0 Å². The van der Waals surface area contributed by atoms with Crippen molar-refractivity contribution in [1.82, 2.24) is 10.6 Å². The van der Waals surface area contributed by atoms with Gasteiger partial charge in [0.05, 0.1) is 0 Å². The van der Waals surface area contributed by atoms with Crippen LogP contribution in [0.25, 0.3) is 0 Å². The fraction of sp³-hybridized carbons (Fsp3) is 0.462. The molecule has 1 atom stereocenters. The molecule has 19 heavy (non-hydrogen) atoms. The Hall–Kier alpha value is -1.79. The Balaban J connectivity index is 0.000000141. The lowest BCUT2D eigenvalue weighted by Crippen LogP contribution is -2.52. The van der Waals surface area contributed by atoms with E-state index in [2.05, 4.69) is 10.6 Å². The molecule has 104 valence electrons. The van der Waals surface area contributed by atoms with Gasteiger partial charge in [0.25, 0.3) is 0 Å². The summed E-state index contributed by atoms with van der Waals surface area (Å²) in [6.45, 7) is 3.48. The summed E-state index contributed by atoms with van der Waals surface area (Å²) in [5.41, 5.74) is 0. The van der Waals surface area contributed by atoms with Crippen molar-refractivity contribution in [2.75, 3.05) is 32.8 Å². The van der Waals surface area contributed by atoms with Gasteiger partial charge in [0.1, 0.15) is 19.3 Å². The highest BCUT2D eigenvalue weighted by Gasteiger charge is 2.18. The lowest BCUT2D eigenvalue weighted by atomic mass is 10.2. The number of benzene rings is 1. The average molecular weight is 266 g/mol. The molecule has 2 aliphatic heterocycles. The maximum atomic E-state index is 10.3. The highest BCUT2D eigenvalue weighted by molar-refractivity contribution is 5.73. The maximum Gasteiger partial charge on any atom is 0.322 e. The molecule has 0 unspecified atom stereocenters. The number of para-hydroxylation sites is 2. The monoisotopic (exact) mass is 266 g/mol. The van der Waals surface area contributed by atoms with E-state index in [4.69, 9.17) is 14.6 Å². The maximum absolute atomic E-state index is 10.3. The van der Waals surface area contributed by atoms with Gasteiger partial charge in [-0.25, -0.2) is 0 Å². The quantitative estimate of drug-likeness (QED) is 0.668. The van der Waals surface area contributed by atoms with Crippen LogP contribution in [-0.4, -0.2) is 50.0 Å². The number of hydrogen-bond donors (Lipinski definition) is 3. The van der Waals surface area contributed by atoms with Crippen LogP contribution in [0.2, 0.25) is 0 Å². The summed E-state index contributed by atoms with van der Waals surface area (Å²) in [7, 11) is 0. The number of aliphatic carboxylic acids is 1. The standard InChI is InChI=1S/C8H8O2.C5H10N2O2/c1-2-4-8-7(3-1)9-5-6-10-8;8-5(9)4-3-6-1-2-7-4/h1-4H,5-6H2;4,6-7H,1-3H2,(H,8,9)/t;4-/m.0/s1. The molecule has 0 radical (unpaired) electrons. The summed E-state index contributed by atoms with van der Waals surface area (Å²) in [5.74, 6) is 0.935. The Kier molecular flexibility index (Phi) is 5.00. The van der Waals surface area contributed by atoms with Crippen LogP contribution in [0.3, 0.4) is 0 Å². The normalized spacial score (nSPS) is 20.9. The minimum atomic E-state index is -0.776. The molecule has 6 heteroatoms. The number of piperazine rings is 1. The number of nitrogens with one attached hydrogen (secondary N) is 2. The molecule has 3 N–H and O–H groups in total. The van der Waals surface area contributed by atoms with Crippen LogP contribution in [0, 0.1) is 0 Å². The molecule has 1 saturated heterocycles. The van der Waals surface area contributed by atoms with Crippen LogP contribution < -0.4 is 20.1 Å². The van der Waals surface area contributed by atoms with E-state index in [0.717, 1.165) is 24.6 Å². The smallest absolute Gasteiger partial charge is 0.322 e. The predicted octanol–water partition coefficient (Wildman–Crippen LogP) is 0.0902. The molecular weight excluding hydrogens is 248 g/mol. The van der Waals surface area contributed by atoms with Gasteiger partial charge in [-0.05, 0) is 12.1 Å². The molecule has 0 aliphatic carbocycles. The lowest BCUT2D eigenvalue weighted by molar-refractivity contribution is -0.139. The Bertz CT molecular complexity index is 394. The van der Waals surface area contributed by atoms with Crippen molar-refractivity contribution in [3.63, 3.8) is 0 Å². The van der Waals surface area contributed by atoms with Crippen LogP contribution in [0.15, 0.2) is 24.3 Å². The fourth-order valence-corrected chi connectivity index (χ4v) is 1.82. The van der Waals surface area contributed by atoms with Crippen molar-refractivity contribution in [2.24, 2.45) is 0 Å². The topological polar surface area (TPSA) is 79.8 Å². The van der Waals surface area contributed by atoms with Crippen LogP contribution in [-0.2, 0) is 4.79 Å². The molecule has 0 spiro atoms. The summed E-state index contributed by atoms with van der Waals surface area (Å²) in [6.07, 6.45) is 0. The lowest BCUT2D eigenvalue weighted by Gasteiger charge is -2.20. The van der Waals surface area contributed by atoms with E-state index in [0.29, 0.717) is 19.8 Å². The molecule has 1 aromatic carbocycles. The third-order valence-electron chi connectivity index (χ3n) is 2.79. The van der Waals surface area contributed by atoms with Gasteiger partial charge in [0.2, 0.25) is 0 Å². The number of ether oxygens (including phenoxy) is 2. The van der Waals surface area contributed by atoms with Gasteiger partial charge in [-0.2, -0.15) is 0 Å². The second kappa shape index (κ2) is 6.96. The second-order valence-electron chi connectivity index (χ2n) is 4.19. The van der Waals surface area contributed by atoms with E-state index in [1.807, 2.05) is 24.3 Å². The first-order valence-electron chi connectivity index (χ1n) is 6.29. The Labute approximate surface area is 111 Å². The minimum Gasteiger partial charge on any atom is -0.486 e. The van der Waals surface area contributed by atoms with Gasteiger partial charge in [0, 0.05) is 19.6 Å². The van der Waals surface area contributed by atoms with Crippen molar-refractivity contribution in [3.05, 3.63) is 24.3 Å². The SMILES string of the molecule is O=C(O)[C@@H]1CNCCN1.c1ccc2c(c1)OCCO2. The minimum absolute atomic E-state index is 0.390. The van der Waals surface area contributed by atoms with E-state index >= 15 is 0 Å². The Morgan fingerprint density at radius 1 is 1.16 bits per heavy atom. The molecule has 0 saturated carbocycles. The van der Waals surface area contributed by atoms with E-state index in [9.17, 15) is 4.79 Å². The van der Waals surface area contributed by atoms with E-state index < -0.39 is 12.0 Å². The zero-order chi connectivity index (χ0) is 13.5. The second-order valence-corrected chi connectivity index (χ2v) is 4.19. The average Bonchev–Trinajstić information content (AvgIpc) is 2.49. The molecule has 0 bridgehead atoms. The van der Waals surface area contributed by atoms with E-state index in [1.165, 1.54) is 0 Å². The molecule has 3 rings (SSSR count). The molecule has 1 fully saturated rings. The predicted molar refractivity (Wildman–Crippen MR) is 69.7 cm³/mol. The first-order chi connectivity index (χ1) is 9.27. The van der Waals surface area contributed by atoms with Gasteiger partial charge in [-0.1, -0.05) is 12.1 Å². The zero-order valence-corrected chi connectivity index (χ0v) is 10.6. The van der Waals surface area contributed by atoms with Crippen molar-refractivity contribution in [1.29, 1.82) is 0 Å². The molecular formula is C13H18N2O4. The number of hydrogen-bond acceptors (Lipinski definition) is 5. The van der Waals surface area contributed by atoms with Crippen molar-refractivity contribution < 1.29 is 19.4 Å². The summed E-state index contributed by atoms with van der Waals surface area (Å²) in [4.78, 5) is 10.3. The number of fused-ring (bicyclic) bond motifs is 1. The van der Waals surface area contributed by atoms with Gasteiger partial charge in [0.15, 0.2) is 11.5 Å². The van der Waals surface area contributed by atoms with Crippen LogP contribution in [0.4, 0.5) is 0 Å². The fourth-order valence-electron chi connectivity index (χ4n) is 1.82. The largest absolute Gasteiger partial charge is 0.486 e. The molecule has 1 aromatic rings. The first-order valence-corrected chi connectivity index (χ1v) is 6.29. The third-order valence-corrected chi connectivity index (χ3v) is 2.79. The summed E-state index contributed by atoms with van der Waals surface area (Å²) < 4.78 is 10.6. The third kappa shape index (κ3) is 4.11. The molecule has 0 aromatic heterocycles. The summed E-state index contributed by atoms with van der Waals surface area (Å²) in [5, 5.41) is 14.3. The molecule has 6 nitrogen and oxygen atoms in total. The number of carbonyl (C=O) groups is 1. The zero-order valence-electron chi connectivity index (χ0n) is 10.6. The van der Waals surface area contributed by atoms with Crippen LogP contribution in [0.5, 0.6) is 11.5 Å². The molecule has 0 amide bonds. The highest BCUT2D eigenvalue weighted by atomic mass is 16.6. The van der Waals surface area contributed by atoms with Crippen molar-refractivity contribution >= 4 is 5.97 Å². The Morgan fingerprint density at radius 3 is 2.21 bits per heavy atom. The number of carboxylic acid groups (broad SMARTS) is 1. The van der Waals surface area contributed by atoms with E-state index in [-0.39, 0.29) is 0 Å². The first kappa shape index (κ1) is 13.6. The van der Waals surface area contributed by atoms with Gasteiger partial charge < -0.3 is 25.2 Å². The van der Waals surface area contributed by atoms with Gasteiger partial charge in [-0.3, -0.25) is 4.79 Å². The van der Waals surface area contributed by atoms with Crippen molar-refractivity contribution in [2.45, 2.75) is 6.04 Å². The summed E-state index contributed by atoms with van der Waals surface area (Å²) in [6, 6.07) is 7.31. The summed E-state index contributed by atoms with van der Waals surface area (Å²) >= 11 is 0. The number of rotatable bonds is 1.